The maximum atomic E-state index is 12.6. The molecule has 4 nitrogen and oxygen atoms in total. The average molecular weight is 297 g/mol. The van der Waals surface area contributed by atoms with Gasteiger partial charge in [0.2, 0.25) is 0 Å². The molecular weight excluding hydrogens is 274 g/mol. The number of hydrogen-bond acceptors (Lipinski definition) is 3. The first-order chi connectivity index (χ1) is 10.7. The van der Waals surface area contributed by atoms with Gasteiger partial charge in [-0.3, -0.25) is 9.78 Å². The third-order valence-corrected chi connectivity index (χ3v) is 3.58. The number of rotatable bonds is 7. The van der Waals surface area contributed by atoms with E-state index in [1.54, 1.807) is 6.20 Å². The topological polar surface area (TPSA) is 59.2 Å². The van der Waals surface area contributed by atoms with Gasteiger partial charge in [0.15, 0.2) is 0 Å². The summed E-state index contributed by atoms with van der Waals surface area (Å²) in [5.41, 5.74) is 8.35. The lowest BCUT2D eigenvalue weighted by atomic mass is 10.1. The van der Waals surface area contributed by atoms with Gasteiger partial charge >= 0.3 is 0 Å². The lowest BCUT2D eigenvalue weighted by molar-refractivity contribution is 0.0757. The molecule has 0 aliphatic heterocycles. The van der Waals surface area contributed by atoms with Crippen LogP contribution >= 0.6 is 0 Å². The SMILES string of the molecule is CCCN(CCc1ccccn1)C(=O)c1ccc(CN)cc1. The molecule has 0 aliphatic rings. The summed E-state index contributed by atoms with van der Waals surface area (Å²) in [4.78, 5) is 18.8. The molecule has 0 aliphatic carbocycles. The molecule has 1 heterocycles. The van der Waals surface area contributed by atoms with Gasteiger partial charge in [-0.05, 0) is 36.2 Å². The molecule has 0 atom stereocenters. The number of aromatic nitrogens is 1. The third-order valence-electron chi connectivity index (χ3n) is 3.58. The van der Waals surface area contributed by atoms with Crippen LogP contribution in [0.1, 0.15) is 35.0 Å². The number of benzene rings is 1. The van der Waals surface area contributed by atoms with Crippen molar-refractivity contribution < 1.29 is 4.79 Å². The smallest absolute Gasteiger partial charge is 0.253 e. The second kappa shape index (κ2) is 8.29. The monoisotopic (exact) mass is 297 g/mol. The summed E-state index contributed by atoms with van der Waals surface area (Å²) in [7, 11) is 0. The van der Waals surface area contributed by atoms with Gasteiger partial charge in [0.25, 0.3) is 5.91 Å². The van der Waals surface area contributed by atoms with Gasteiger partial charge < -0.3 is 10.6 Å². The van der Waals surface area contributed by atoms with Crippen LogP contribution in [0, 0.1) is 0 Å². The summed E-state index contributed by atoms with van der Waals surface area (Å²) in [6.45, 7) is 4.01. The lowest BCUT2D eigenvalue weighted by Gasteiger charge is -2.22. The van der Waals surface area contributed by atoms with Crippen LogP contribution in [-0.2, 0) is 13.0 Å². The largest absolute Gasteiger partial charge is 0.338 e. The van der Waals surface area contributed by atoms with E-state index in [0.29, 0.717) is 18.7 Å². The number of pyridine rings is 1. The molecule has 22 heavy (non-hydrogen) atoms. The molecule has 0 radical (unpaired) electrons. The molecule has 1 amide bonds. The van der Waals surface area contributed by atoms with Crippen molar-refractivity contribution in [1.82, 2.24) is 9.88 Å². The summed E-state index contributed by atoms with van der Waals surface area (Å²) in [5, 5.41) is 0. The fourth-order valence-corrected chi connectivity index (χ4v) is 2.35. The Labute approximate surface area is 132 Å². The molecule has 0 unspecified atom stereocenters. The predicted molar refractivity (Wildman–Crippen MR) is 88.5 cm³/mol. The summed E-state index contributed by atoms with van der Waals surface area (Å²) in [6.07, 6.45) is 3.50. The molecule has 116 valence electrons. The highest BCUT2D eigenvalue weighted by atomic mass is 16.2. The van der Waals surface area contributed by atoms with Crippen LogP contribution < -0.4 is 5.73 Å². The number of carbonyl (C=O) groups is 1. The van der Waals surface area contributed by atoms with E-state index >= 15 is 0 Å². The van der Waals surface area contributed by atoms with Crippen LogP contribution in [0.4, 0.5) is 0 Å². The van der Waals surface area contributed by atoms with Gasteiger partial charge in [-0.15, -0.1) is 0 Å². The van der Waals surface area contributed by atoms with Crippen LogP contribution in [0.15, 0.2) is 48.7 Å². The first-order valence-corrected chi connectivity index (χ1v) is 7.72. The van der Waals surface area contributed by atoms with Crippen LogP contribution in [0.5, 0.6) is 0 Å². The summed E-state index contributed by atoms with van der Waals surface area (Å²) in [6, 6.07) is 13.4. The fourth-order valence-electron chi connectivity index (χ4n) is 2.35. The van der Waals surface area contributed by atoms with Crippen molar-refractivity contribution in [2.45, 2.75) is 26.3 Å². The number of carbonyl (C=O) groups excluding carboxylic acids is 1. The van der Waals surface area contributed by atoms with Crippen molar-refractivity contribution in [1.29, 1.82) is 0 Å². The van der Waals surface area contributed by atoms with Gasteiger partial charge in [0.1, 0.15) is 0 Å². The van der Waals surface area contributed by atoms with Gasteiger partial charge in [0, 0.05) is 43.5 Å². The zero-order valence-corrected chi connectivity index (χ0v) is 13.0. The standard InChI is InChI=1S/C18H23N3O/c1-2-12-21(13-10-17-5-3-4-11-20-17)18(22)16-8-6-15(14-19)7-9-16/h3-9,11H,2,10,12-14,19H2,1H3. The van der Waals surface area contributed by atoms with Crippen LogP contribution in [0.2, 0.25) is 0 Å². The van der Waals surface area contributed by atoms with E-state index < -0.39 is 0 Å². The first kappa shape index (κ1) is 16.2. The number of nitrogens with zero attached hydrogens (tertiary/aromatic N) is 2. The van der Waals surface area contributed by atoms with Gasteiger partial charge in [-0.25, -0.2) is 0 Å². The highest BCUT2D eigenvalue weighted by Gasteiger charge is 2.15. The maximum absolute atomic E-state index is 12.6. The van der Waals surface area contributed by atoms with E-state index in [2.05, 4.69) is 11.9 Å². The van der Waals surface area contributed by atoms with E-state index in [1.807, 2.05) is 47.4 Å². The minimum Gasteiger partial charge on any atom is -0.338 e. The Kier molecular flexibility index (Phi) is 6.10. The van der Waals surface area contributed by atoms with E-state index in [9.17, 15) is 4.79 Å². The van der Waals surface area contributed by atoms with Gasteiger partial charge in [-0.1, -0.05) is 25.1 Å². The Morgan fingerprint density at radius 2 is 1.91 bits per heavy atom. The molecule has 1 aromatic carbocycles. The molecular formula is C18H23N3O. The summed E-state index contributed by atoms with van der Waals surface area (Å²) >= 11 is 0. The van der Waals surface area contributed by atoms with E-state index in [0.717, 1.165) is 30.6 Å². The number of amides is 1. The van der Waals surface area contributed by atoms with Gasteiger partial charge in [-0.2, -0.15) is 0 Å². The second-order valence-electron chi connectivity index (χ2n) is 5.26. The predicted octanol–water partition coefficient (Wildman–Crippen LogP) is 2.64. The quantitative estimate of drug-likeness (QED) is 0.854. The van der Waals surface area contributed by atoms with E-state index in [-0.39, 0.29) is 5.91 Å². The Morgan fingerprint density at radius 3 is 2.50 bits per heavy atom. The summed E-state index contributed by atoms with van der Waals surface area (Å²) < 4.78 is 0. The molecule has 4 heteroatoms. The van der Waals surface area contributed by atoms with E-state index in [4.69, 9.17) is 5.73 Å². The Balaban J connectivity index is 2.03. The minimum atomic E-state index is 0.0707. The Morgan fingerprint density at radius 1 is 1.14 bits per heavy atom. The number of hydrogen-bond donors (Lipinski definition) is 1. The Bertz CT molecular complexity index is 581. The summed E-state index contributed by atoms with van der Waals surface area (Å²) in [5.74, 6) is 0.0707. The first-order valence-electron chi connectivity index (χ1n) is 7.72. The van der Waals surface area contributed by atoms with Crippen LogP contribution in [-0.4, -0.2) is 28.9 Å². The van der Waals surface area contributed by atoms with Crippen molar-refractivity contribution in [2.75, 3.05) is 13.1 Å². The molecule has 0 spiro atoms. The Hall–Kier alpha value is -2.20. The second-order valence-corrected chi connectivity index (χ2v) is 5.26. The van der Waals surface area contributed by atoms with Crippen LogP contribution in [0.25, 0.3) is 0 Å². The van der Waals surface area contributed by atoms with Gasteiger partial charge in [0.05, 0.1) is 0 Å². The van der Waals surface area contributed by atoms with E-state index in [1.165, 1.54) is 0 Å². The molecule has 0 fully saturated rings. The molecule has 2 aromatic rings. The molecule has 0 saturated heterocycles. The average Bonchev–Trinajstić information content (AvgIpc) is 2.59. The minimum absolute atomic E-state index is 0.0707. The van der Waals surface area contributed by atoms with Crippen molar-refractivity contribution in [3.05, 3.63) is 65.5 Å². The van der Waals surface area contributed by atoms with Crippen molar-refractivity contribution in [2.24, 2.45) is 5.73 Å². The zero-order valence-electron chi connectivity index (χ0n) is 13.0. The molecule has 2 N–H and O–H groups in total. The lowest BCUT2D eigenvalue weighted by Crippen LogP contribution is -2.33. The number of nitrogens with two attached hydrogens (primary N) is 1. The van der Waals surface area contributed by atoms with Crippen molar-refractivity contribution in [3.63, 3.8) is 0 Å². The van der Waals surface area contributed by atoms with Crippen molar-refractivity contribution in [3.8, 4) is 0 Å². The highest BCUT2D eigenvalue weighted by molar-refractivity contribution is 5.94. The fraction of sp³-hybridized carbons (Fsp3) is 0.333. The normalized spacial score (nSPS) is 10.5. The molecule has 1 aromatic heterocycles. The third kappa shape index (κ3) is 4.40. The maximum Gasteiger partial charge on any atom is 0.253 e. The van der Waals surface area contributed by atoms with Crippen molar-refractivity contribution >= 4 is 5.91 Å². The molecule has 0 bridgehead atoms. The molecule has 2 rings (SSSR count). The zero-order chi connectivity index (χ0) is 15.8. The highest BCUT2D eigenvalue weighted by Crippen LogP contribution is 2.09. The molecule has 0 saturated carbocycles. The van der Waals surface area contributed by atoms with Crippen LogP contribution in [0.3, 0.4) is 0 Å².